The smallest absolute Gasteiger partial charge is 0.338 e. The molecule has 0 bridgehead atoms. The van der Waals surface area contributed by atoms with Crippen LogP contribution in [-0.4, -0.2) is 87.3 Å². The summed E-state index contributed by atoms with van der Waals surface area (Å²) in [6.45, 7) is 0.560. The molecule has 1 aliphatic rings. The van der Waals surface area contributed by atoms with Gasteiger partial charge in [0.1, 0.15) is 19.3 Å². The molecule has 1 fully saturated rings. The second-order valence-electron chi connectivity index (χ2n) is 15.5. The quantitative estimate of drug-likeness (QED) is 0.0431. The molecule has 7 aromatic rings. The highest BCUT2D eigenvalue weighted by Crippen LogP contribution is 2.32. The van der Waals surface area contributed by atoms with Crippen molar-refractivity contribution in [2.24, 2.45) is 0 Å². The summed E-state index contributed by atoms with van der Waals surface area (Å²) in [4.78, 5) is 69.1. The molecule has 350 valence electrons. The number of hydrogen-bond donors (Lipinski definition) is 1. The number of carbonyl (C=O) groups is 4. The van der Waals surface area contributed by atoms with Gasteiger partial charge in [-0.15, -0.1) is 11.3 Å². The van der Waals surface area contributed by atoms with Crippen LogP contribution in [0.1, 0.15) is 72.0 Å². The molecule has 0 radical (unpaired) electrons. The standard InChI is InChI=1S/C50H46BrN5O11S/c51-36-27-37(68-30-36)28-62-44-39-43(54-50(52)55-44)56(31-53-39)25-15-1-2-16-26-61-49-42(67-48(60)35-23-13-6-14-24-35)41(66-47(59)34-21-11-5-12-22-34)40(65-46(58)33-19-9-4-10-20-33)38(64-49)29-63-45(57)32-17-7-3-8-18-32/h3-14,17-24,27,30-31,38,40-42,49H,1-2,15-16,25-26,28-29H2,(H2,52,54,55)/t38-,40-,41+,42-,49-/m1/s1. The van der Waals surface area contributed by atoms with E-state index in [1.54, 1.807) is 139 Å². The number of imidazole rings is 1. The lowest BCUT2D eigenvalue weighted by atomic mass is 9.97. The van der Waals surface area contributed by atoms with Gasteiger partial charge in [0, 0.05) is 27.9 Å². The zero-order valence-corrected chi connectivity index (χ0v) is 38.9. The van der Waals surface area contributed by atoms with Crippen LogP contribution < -0.4 is 10.5 Å². The Labute approximate surface area is 403 Å². The second-order valence-corrected chi connectivity index (χ2v) is 17.4. The van der Waals surface area contributed by atoms with E-state index in [-0.39, 0.29) is 34.8 Å². The maximum Gasteiger partial charge on any atom is 0.338 e. The normalized spacial score (nSPS) is 17.8. The number of fused-ring (bicyclic) bond motifs is 1. The molecule has 4 heterocycles. The van der Waals surface area contributed by atoms with E-state index in [1.807, 2.05) is 16.0 Å². The average Bonchev–Trinajstić information content (AvgIpc) is 3.99. The highest BCUT2D eigenvalue weighted by atomic mass is 79.9. The van der Waals surface area contributed by atoms with Gasteiger partial charge in [0.05, 0.1) is 28.6 Å². The summed E-state index contributed by atoms with van der Waals surface area (Å²) in [5, 5.41) is 1.97. The predicted octanol–water partition coefficient (Wildman–Crippen LogP) is 8.65. The van der Waals surface area contributed by atoms with Crippen molar-refractivity contribution in [3.63, 3.8) is 0 Å². The first-order valence-electron chi connectivity index (χ1n) is 21.8. The van der Waals surface area contributed by atoms with Gasteiger partial charge in [-0.3, -0.25) is 0 Å². The number of esters is 4. The van der Waals surface area contributed by atoms with Crippen molar-refractivity contribution in [3.05, 3.63) is 171 Å². The van der Waals surface area contributed by atoms with Crippen LogP contribution in [0.25, 0.3) is 11.2 Å². The summed E-state index contributed by atoms with van der Waals surface area (Å²) in [6, 6.07) is 34.9. The first-order chi connectivity index (χ1) is 33.2. The zero-order chi connectivity index (χ0) is 47.2. The molecule has 18 heteroatoms. The molecule has 0 aliphatic carbocycles. The third-order valence-electron chi connectivity index (χ3n) is 10.7. The largest absolute Gasteiger partial charge is 0.470 e. The number of benzene rings is 4. The number of carbonyl (C=O) groups excluding carboxylic acids is 4. The van der Waals surface area contributed by atoms with Crippen molar-refractivity contribution < 1.29 is 52.3 Å². The number of hydrogen-bond acceptors (Lipinski definition) is 16. The van der Waals surface area contributed by atoms with Crippen LogP contribution >= 0.6 is 27.3 Å². The maximum atomic E-state index is 13.9. The van der Waals surface area contributed by atoms with Crippen LogP contribution in [0.2, 0.25) is 0 Å². The second kappa shape index (κ2) is 23.1. The van der Waals surface area contributed by atoms with Crippen molar-refractivity contribution in [2.75, 3.05) is 18.9 Å². The molecule has 0 unspecified atom stereocenters. The number of thiophene rings is 1. The van der Waals surface area contributed by atoms with Crippen LogP contribution in [0.3, 0.4) is 0 Å². The molecule has 0 spiro atoms. The molecule has 0 saturated carbocycles. The van der Waals surface area contributed by atoms with E-state index in [4.69, 9.17) is 38.9 Å². The Morgan fingerprint density at radius 2 is 1.22 bits per heavy atom. The van der Waals surface area contributed by atoms with E-state index in [2.05, 4.69) is 30.9 Å². The SMILES string of the molecule is Nc1nc(OCc2cc(Br)cs2)c2ncn(CCCCCCO[C@@H]3O[C@H](COC(=O)c4ccccc4)[C@@H](OC(=O)c4ccccc4)[C@H](OC(=O)c4ccccc4)[C@H]3OC(=O)c3ccccc3)c2n1. The molecule has 1 aliphatic heterocycles. The monoisotopic (exact) mass is 1000 g/mol. The van der Waals surface area contributed by atoms with Crippen molar-refractivity contribution in [1.29, 1.82) is 0 Å². The minimum Gasteiger partial charge on any atom is -0.470 e. The minimum atomic E-state index is -1.52. The summed E-state index contributed by atoms with van der Waals surface area (Å²) in [5.41, 5.74) is 7.98. The molecular weight excluding hydrogens is 959 g/mol. The Morgan fingerprint density at radius 3 is 1.79 bits per heavy atom. The number of nitrogens with two attached hydrogens (primary N) is 1. The molecule has 1 saturated heterocycles. The van der Waals surface area contributed by atoms with Gasteiger partial charge >= 0.3 is 23.9 Å². The lowest BCUT2D eigenvalue weighted by Crippen LogP contribution is -2.63. The fraction of sp³-hybridized carbons (Fsp3) is 0.260. The first kappa shape index (κ1) is 47.5. The number of aromatic nitrogens is 4. The molecule has 5 atom stereocenters. The predicted molar refractivity (Wildman–Crippen MR) is 253 cm³/mol. The highest BCUT2D eigenvalue weighted by molar-refractivity contribution is 9.10. The van der Waals surface area contributed by atoms with Gasteiger partial charge in [-0.2, -0.15) is 9.97 Å². The number of aryl methyl sites for hydroxylation is 1. The zero-order valence-electron chi connectivity index (χ0n) is 36.5. The number of halogens is 1. The van der Waals surface area contributed by atoms with E-state index in [0.717, 1.165) is 28.6 Å². The van der Waals surface area contributed by atoms with Gasteiger partial charge in [0.15, 0.2) is 35.8 Å². The van der Waals surface area contributed by atoms with Crippen LogP contribution in [0, 0.1) is 0 Å². The summed E-state index contributed by atoms with van der Waals surface area (Å²) in [5.74, 6) is -2.66. The third-order valence-corrected chi connectivity index (χ3v) is 12.4. The number of nitrogens with zero attached hydrogens (tertiary/aromatic N) is 4. The maximum absolute atomic E-state index is 13.9. The van der Waals surface area contributed by atoms with Gasteiger partial charge < -0.3 is 43.5 Å². The van der Waals surface area contributed by atoms with Gasteiger partial charge in [0.25, 0.3) is 0 Å². The molecule has 0 amide bonds. The molecule has 68 heavy (non-hydrogen) atoms. The molecule has 16 nitrogen and oxygen atoms in total. The lowest BCUT2D eigenvalue weighted by molar-refractivity contribution is -0.298. The summed E-state index contributed by atoms with van der Waals surface area (Å²) in [6.07, 6.45) is -2.63. The Kier molecular flexibility index (Phi) is 16.2. The first-order valence-corrected chi connectivity index (χ1v) is 23.5. The van der Waals surface area contributed by atoms with E-state index in [0.29, 0.717) is 36.6 Å². The van der Waals surface area contributed by atoms with Crippen LogP contribution in [-0.2, 0) is 41.6 Å². The van der Waals surface area contributed by atoms with E-state index in [9.17, 15) is 19.2 Å². The number of nitrogen functional groups attached to an aromatic ring is 1. The van der Waals surface area contributed by atoms with Crippen molar-refractivity contribution >= 4 is 68.3 Å². The lowest BCUT2D eigenvalue weighted by Gasteiger charge is -2.44. The Bertz CT molecular complexity index is 2780. The van der Waals surface area contributed by atoms with Gasteiger partial charge in [-0.1, -0.05) is 85.6 Å². The molecule has 3 aromatic heterocycles. The van der Waals surface area contributed by atoms with E-state index < -0.39 is 61.2 Å². The van der Waals surface area contributed by atoms with Gasteiger partial charge in [-0.25, -0.2) is 24.2 Å². The summed E-state index contributed by atoms with van der Waals surface area (Å²) < 4.78 is 45.9. The minimum absolute atomic E-state index is 0.0748. The van der Waals surface area contributed by atoms with Crippen LogP contribution in [0.4, 0.5) is 5.95 Å². The topological polar surface area (TPSA) is 203 Å². The van der Waals surface area contributed by atoms with Crippen molar-refractivity contribution in [1.82, 2.24) is 19.5 Å². The van der Waals surface area contributed by atoms with E-state index >= 15 is 0 Å². The highest BCUT2D eigenvalue weighted by Gasteiger charge is 2.53. The van der Waals surface area contributed by atoms with Crippen LogP contribution in [0.15, 0.2) is 144 Å². The van der Waals surface area contributed by atoms with Crippen molar-refractivity contribution in [2.45, 2.75) is 69.5 Å². The number of anilines is 1. The van der Waals surface area contributed by atoms with Crippen LogP contribution in [0.5, 0.6) is 5.88 Å². The Hall–Kier alpha value is -6.99. The summed E-state index contributed by atoms with van der Waals surface area (Å²) >= 11 is 5.02. The van der Waals surface area contributed by atoms with Gasteiger partial charge in [-0.05, 0) is 83.4 Å². The average molecular weight is 1000 g/mol. The fourth-order valence-electron chi connectivity index (χ4n) is 7.37. The molecule has 8 rings (SSSR count). The molecular formula is C50H46BrN5O11S. The Balaban J connectivity index is 0.995. The fourth-order valence-corrected chi connectivity index (χ4v) is 8.73. The van der Waals surface area contributed by atoms with Crippen molar-refractivity contribution in [3.8, 4) is 5.88 Å². The number of ether oxygens (including phenoxy) is 7. The number of rotatable bonds is 20. The molecule has 2 N–H and O–H groups in total. The van der Waals surface area contributed by atoms with E-state index in [1.165, 1.54) is 0 Å². The Morgan fingerprint density at radius 1 is 0.676 bits per heavy atom. The third kappa shape index (κ3) is 12.3. The molecule has 4 aromatic carbocycles. The van der Waals surface area contributed by atoms with Gasteiger partial charge in [0.2, 0.25) is 11.8 Å². The number of unbranched alkanes of at least 4 members (excludes halogenated alkanes) is 3. The summed E-state index contributed by atoms with van der Waals surface area (Å²) in [7, 11) is 0.